The van der Waals surface area contributed by atoms with Crippen molar-refractivity contribution in [3.63, 3.8) is 0 Å². The minimum Gasteiger partial charge on any atom is -0.0884 e. The average Bonchev–Trinajstić information content (AvgIpc) is 3.86. The fourth-order valence-electron chi connectivity index (χ4n) is 3.35. The Kier molecular flexibility index (Phi) is 10.8. The molecule has 0 saturated carbocycles. The molecule has 0 unspecified atom stereocenters. The maximum absolute atomic E-state index is 3.40. The summed E-state index contributed by atoms with van der Waals surface area (Å²) in [7, 11) is 0. The van der Waals surface area contributed by atoms with Crippen molar-refractivity contribution >= 4 is 141 Å². The summed E-state index contributed by atoms with van der Waals surface area (Å²) in [6, 6.07) is 6.23. The molecule has 12 heteroatoms. The number of benzene rings is 1. The zero-order chi connectivity index (χ0) is 28.1. The molecular formula is C30H12S12. The second-order valence-corrected chi connectivity index (χ2v) is 20.7. The van der Waals surface area contributed by atoms with Gasteiger partial charge in [-0.05, 0) is 66.9 Å². The number of thioether (sulfide) groups is 12. The first-order valence-corrected chi connectivity index (χ1v) is 22.1. The zero-order valence-corrected chi connectivity index (χ0v) is 30.6. The molecule has 0 aromatic heterocycles. The molecule has 0 amide bonds. The normalized spacial score (nSPS) is 20.4. The van der Waals surface area contributed by atoms with Crippen LogP contribution in [-0.2, 0) is 0 Å². The molecule has 42 heavy (non-hydrogen) atoms. The van der Waals surface area contributed by atoms with Crippen LogP contribution in [0, 0.1) is 35.5 Å². The largest absolute Gasteiger partial charge is 0.0884 e. The fourth-order valence-corrected chi connectivity index (χ4v) is 16.1. The van der Waals surface area contributed by atoms with Gasteiger partial charge >= 0.3 is 0 Å². The van der Waals surface area contributed by atoms with Crippen molar-refractivity contribution in [2.75, 3.05) is 0 Å². The van der Waals surface area contributed by atoms with E-state index in [-0.39, 0.29) is 0 Å². The lowest BCUT2D eigenvalue weighted by Gasteiger charge is -2.00. The van der Waals surface area contributed by atoms with Gasteiger partial charge in [0.2, 0.25) is 0 Å². The van der Waals surface area contributed by atoms with Crippen LogP contribution in [0.3, 0.4) is 0 Å². The lowest BCUT2D eigenvalue weighted by Crippen LogP contribution is -1.85. The first kappa shape index (κ1) is 30.4. The Morgan fingerprint density at radius 3 is 0.881 bits per heavy atom. The molecule has 0 aliphatic carbocycles. The molecule has 6 aliphatic rings. The Labute approximate surface area is 296 Å². The van der Waals surface area contributed by atoms with Crippen LogP contribution in [0.2, 0.25) is 0 Å². The topological polar surface area (TPSA) is 0 Å². The van der Waals surface area contributed by atoms with E-state index in [4.69, 9.17) is 0 Å². The lowest BCUT2D eigenvalue weighted by atomic mass is 10.1. The standard InChI is InChI=1S/C30H12S12/c1(4-22-16-37-28(40-22)25-31-7-8-32-25)19-13-20(2-5-23-17-38-29(41-23)26-33-9-10-34-26)15-21(14-19)3-6-24-18-39-30(42-24)27-35-11-12-36-27/h7-18H. The molecule has 0 spiro atoms. The first-order chi connectivity index (χ1) is 20.7. The lowest BCUT2D eigenvalue weighted by molar-refractivity contribution is 1.56. The van der Waals surface area contributed by atoms with Gasteiger partial charge in [-0.25, -0.2) is 0 Å². The zero-order valence-electron chi connectivity index (χ0n) is 20.8. The van der Waals surface area contributed by atoms with E-state index in [1.54, 1.807) is 141 Å². The second-order valence-electron chi connectivity index (χ2n) is 7.90. The van der Waals surface area contributed by atoms with Gasteiger partial charge < -0.3 is 0 Å². The van der Waals surface area contributed by atoms with Crippen molar-refractivity contribution in [2.45, 2.75) is 0 Å². The van der Waals surface area contributed by atoms with E-state index in [1.165, 1.54) is 25.4 Å². The summed E-state index contributed by atoms with van der Waals surface area (Å²) in [6.45, 7) is 0. The van der Waals surface area contributed by atoms with E-state index in [2.05, 4.69) is 102 Å². The molecule has 1 aromatic carbocycles. The van der Waals surface area contributed by atoms with Crippen LogP contribution in [-0.4, -0.2) is 0 Å². The molecule has 0 fully saturated rings. The van der Waals surface area contributed by atoms with Crippen LogP contribution in [0.1, 0.15) is 16.7 Å². The minimum atomic E-state index is 0.926. The Morgan fingerprint density at radius 2 is 0.595 bits per heavy atom. The summed E-state index contributed by atoms with van der Waals surface area (Å²) < 4.78 is 7.94. The molecule has 6 heterocycles. The Morgan fingerprint density at radius 1 is 0.310 bits per heavy atom. The van der Waals surface area contributed by atoms with Crippen molar-refractivity contribution in [1.29, 1.82) is 0 Å². The molecule has 0 radical (unpaired) electrons. The van der Waals surface area contributed by atoms with E-state index in [9.17, 15) is 0 Å². The maximum atomic E-state index is 3.40. The van der Waals surface area contributed by atoms with Gasteiger partial charge in [-0.1, -0.05) is 177 Å². The fraction of sp³-hybridized carbons (Fsp3) is 0. The van der Waals surface area contributed by atoms with Gasteiger partial charge in [0.1, 0.15) is 0 Å². The monoisotopic (exact) mass is 756 g/mol. The molecule has 6 aliphatic heterocycles. The summed E-state index contributed by atoms with van der Waals surface area (Å²) in [5.74, 6) is 20.3. The average molecular weight is 757 g/mol. The molecule has 0 atom stereocenters. The van der Waals surface area contributed by atoms with Crippen molar-refractivity contribution in [3.05, 3.63) is 124 Å². The molecule has 0 N–H and O–H groups in total. The third kappa shape index (κ3) is 7.94. The van der Waals surface area contributed by atoms with Gasteiger partial charge in [0.05, 0.1) is 40.1 Å². The Balaban J connectivity index is 1.12. The molecule has 204 valence electrons. The van der Waals surface area contributed by atoms with Crippen molar-refractivity contribution in [2.24, 2.45) is 0 Å². The first-order valence-electron chi connectivity index (χ1n) is 11.8. The number of hydrogen-bond donors (Lipinski definition) is 0. The van der Waals surface area contributed by atoms with Crippen molar-refractivity contribution in [1.82, 2.24) is 0 Å². The molecule has 0 bridgehead atoms. The highest BCUT2D eigenvalue weighted by Crippen LogP contribution is 2.55. The smallest absolute Gasteiger partial charge is 0.0707 e. The van der Waals surface area contributed by atoms with E-state index < -0.39 is 0 Å². The molecule has 1 aromatic rings. The van der Waals surface area contributed by atoms with E-state index in [0.29, 0.717) is 0 Å². The van der Waals surface area contributed by atoms with Gasteiger partial charge in [-0.15, -0.1) is 0 Å². The molecule has 7 rings (SSSR count). The summed E-state index contributed by atoms with van der Waals surface area (Å²) in [6.07, 6.45) is 0. The van der Waals surface area contributed by atoms with Gasteiger partial charge in [-0.2, -0.15) is 0 Å². The summed E-state index contributed by atoms with van der Waals surface area (Å²) >= 11 is 21.2. The van der Waals surface area contributed by atoms with E-state index in [1.807, 2.05) is 0 Å². The van der Waals surface area contributed by atoms with Crippen LogP contribution in [0.25, 0.3) is 0 Å². The van der Waals surface area contributed by atoms with Crippen molar-refractivity contribution in [3.8, 4) is 35.5 Å². The third-order valence-electron chi connectivity index (χ3n) is 5.07. The van der Waals surface area contributed by atoms with Crippen LogP contribution >= 0.6 is 141 Å². The number of rotatable bonds is 0. The minimum absolute atomic E-state index is 0.926. The Bertz CT molecular complexity index is 1590. The quantitative estimate of drug-likeness (QED) is 0.231. The van der Waals surface area contributed by atoms with Gasteiger partial charge in [-0.3, -0.25) is 0 Å². The summed E-state index contributed by atoms with van der Waals surface area (Å²) in [5.41, 5.74) is 2.78. The molecule has 0 saturated heterocycles. The van der Waals surface area contributed by atoms with Crippen LogP contribution in [0.5, 0.6) is 0 Å². The second kappa shape index (κ2) is 14.9. The predicted octanol–water partition coefficient (Wildman–Crippen LogP) is 12.9. The number of hydrogen-bond acceptors (Lipinski definition) is 12. The van der Waals surface area contributed by atoms with Gasteiger partial charge in [0, 0.05) is 16.7 Å². The van der Waals surface area contributed by atoms with E-state index in [0.717, 1.165) is 31.4 Å². The highest BCUT2D eigenvalue weighted by Gasteiger charge is 2.19. The SMILES string of the molecule is C(#Cc1cc(C#CC2=CSC(=C3SC=CS3)S2)cc(C#CC2=CSC(=C3SC=CS3)S2)c1)C1=CSC(=C2SC=CS2)S1. The van der Waals surface area contributed by atoms with Crippen LogP contribution < -0.4 is 0 Å². The van der Waals surface area contributed by atoms with Crippen LogP contribution in [0.4, 0.5) is 0 Å². The highest BCUT2D eigenvalue weighted by atomic mass is 32.2. The van der Waals surface area contributed by atoms with Gasteiger partial charge in [0.25, 0.3) is 0 Å². The maximum Gasteiger partial charge on any atom is 0.0707 e. The summed E-state index contributed by atoms with van der Waals surface area (Å²) in [5, 5.41) is 19.2. The third-order valence-corrected chi connectivity index (χ3v) is 19.9. The van der Waals surface area contributed by atoms with Crippen molar-refractivity contribution < 1.29 is 0 Å². The summed E-state index contributed by atoms with van der Waals surface area (Å²) in [4.78, 5) is 3.22. The van der Waals surface area contributed by atoms with E-state index >= 15 is 0 Å². The molecule has 0 nitrogen and oxygen atoms in total. The van der Waals surface area contributed by atoms with Crippen LogP contribution in [0.15, 0.2) is 107 Å². The number of allylic oxidation sites excluding steroid dienone is 3. The molecular weight excluding hydrogens is 745 g/mol. The highest BCUT2D eigenvalue weighted by molar-refractivity contribution is 8.35. The van der Waals surface area contributed by atoms with Gasteiger partial charge in [0.15, 0.2) is 0 Å². The predicted molar refractivity (Wildman–Crippen MR) is 211 cm³/mol. The Hall–Kier alpha value is -0.240.